The number of hydrogen-bond acceptors (Lipinski definition) is 6. The third kappa shape index (κ3) is 4.30. The number of hydrogen-bond donors (Lipinski definition) is 0. The predicted octanol–water partition coefficient (Wildman–Crippen LogP) is 2.84. The highest BCUT2D eigenvalue weighted by atomic mass is 16.6. The van der Waals surface area contributed by atoms with Gasteiger partial charge >= 0.3 is 11.9 Å². The zero-order valence-corrected chi connectivity index (χ0v) is 14.8. The molecule has 1 aliphatic carbocycles. The highest BCUT2D eigenvalue weighted by Gasteiger charge is 2.59. The van der Waals surface area contributed by atoms with E-state index in [0.29, 0.717) is 12.8 Å². The number of carbonyl (C=O) groups is 2. The van der Waals surface area contributed by atoms with Gasteiger partial charge in [-0.3, -0.25) is 9.59 Å². The molecule has 1 aliphatic rings. The summed E-state index contributed by atoms with van der Waals surface area (Å²) in [6, 6.07) is 0. The van der Waals surface area contributed by atoms with Crippen molar-refractivity contribution in [2.24, 2.45) is 16.7 Å². The molecule has 0 bridgehead atoms. The zero-order valence-electron chi connectivity index (χ0n) is 14.8. The molecule has 6 heteroatoms. The summed E-state index contributed by atoms with van der Waals surface area (Å²) in [6.45, 7) is 13.4. The standard InChI is InChI=1S/C18H28O6/c1-6-21-10-12-23-15(19)14-8-9-18(5,17(14,3)4)16(20)24-13-11-22-7-2/h6-7,14H,1-2,8-13H2,3-5H3. The van der Waals surface area contributed by atoms with Crippen molar-refractivity contribution in [3.63, 3.8) is 0 Å². The molecule has 1 rings (SSSR count). The van der Waals surface area contributed by atoms with Crippen LogP contribution in [0, 0.1) is 16.7 Å². The Balaban J connectivity index is 2.65. The highest BCUT2D eigenvalue weighted by molar-refractivity contribution is 5.82. The van der Waals surface area contributed by atoms with E-state index in [0.717, 1.165) is 0 Å². The Morgan fingerprint density at radius 2 is 1.54 bits per heavy atom. The molecule has 0 aromatic heterocycles. The highest BCUT2D eigenvalue weighted by Crippen LogP contribution is 2.56. The first-order valence-corrected chi connectivity index (χ1v) is 8.10. The maximum atomic E-state index is 12.5. The third-order valence-electron chi connectivity index (χ3n) is 5.08. The molecule has 2 atom stereocenters. The molecule has 0 radical (unpaired) electrons. The van der Waals surface area contributed by atoms with Crippen molar-refractivity contribution in [1.82, 2.24) is 0 Å². The summed E-state index contributed by atoms with van der Waals surface area (Å²) in [5, 5.41) is 0. The Morgan fingerprint density at radius 3 is 2.08 bits per heavy atom. The van der Waals surface area contributed by atoms with E-state index in [1.54, 1.807) is 0 Å². The normalized spacial score (nSPS) is 24.7. The van der Waals surface area contributed by atoms with Crippen molar-refractivity contribution in [3.05, 3.63) is 25.7 Å². The van der Waals surface area contributed by atoms with Crippen molar-refractivity contribution in [2.75, 3.05) is 26.4 Å². The first kappa shape index (κ1) is 20.1. The van der Waals surface area contributed by atoms with Crippen LogP contribution in [-0.4, -0.2) is 38.4 Å². The Morgan fingerprint density at radius 1 is 1.00 bits per heavy atom. The third-order valence-corrected chi connectivity index (χ3v) is 5.08. The van der Waals surface area contributed by atoms with Gasteiger partial charge in [-0.2, -0.15) is 0 Å². The van der Waals surface area contributed by atoms with E-state index in [-0.39, 0.29) is 44.3 Å². The number of ether oxygens (including phenoxy) is 4. The van der Waals surface area contributed by atoms with Crippen LogP contribution in [0.2, 0.25) is 0 Å². The maximum Gasteiger partial charge on any atom is 0.312 e. The molecule has 0 heterocycles. The lowest BCUT2D eigenvalue weighted by molar-refractivity contribution is -0.166. The van der Waals surface area contributed by atoms with E-state index in [9.17, 15) is 9.59 Å². The molecule has 136 valence electrons. The van der Waals surface area contributed by atoms with Gasteiger partial charge in [0.2, 0.25) is 0 Å². The minimum absolute atomic E-state index is 0.157. The van der Waals surface area contributed by atoms with Gasteiger partial charge in [0.15, 0.2) is 0 Å². The van der Waals surface area contributed by atoms with Gasteiger partial charge in [-0.1, -0.05) is 27.0 Å². The van der Waals surface area contributed by atoms with Crippen molar-refractivity contribution in [3.8, 4) is 0 Å². The fourth-order valence-corrected chi connectivity index (χ4v) is 3.08. The van der Waals surface area contributed by atoms with Crippen LogP contribution < -0.4 is 0 Å². The zero-order chi connectivity index (χ0) is 18.2. The molecule has 1 fully saturated rings. The minimum Gasteiger partial charge on any atom is -0.498 e. The second-order valence-corrected chi connectivity index (χ2v) is 6.52. The molecular formula is C18H28O6. The summed E-state index contributed by atoms with van der Waals surface area (Å²) in [5.41, 5.74) is -1.32. The van der Waals surface area contributed by atoms with E-state index in [1.807, 2.05) is 20.8 Å². The second-order valence-electron chi connectivity index (χ2n) is 6.52. The molecule has 0 spiro atoms. The van der Waals surface area contributed by atoms with E-state index >= 15 is 0 Å². The van der Waals surface area contributed by atoms with Gasteiger partial charge in [0.25, 0.3) is 0 Å². The van der Waals surface area contributed by atoms with Gasteiger partial charge in [-0.15, -0.1) is 0 Å². The molecule has 2 unspecified atom stereocenters. The number of carbonyl (C=O) groups excluding carboxylic acids is 2. The molecule has 0 aliphatic heterocycles. The van der Waals surface area contributed by atoms with Crippen LogP contribution in [0.4, 0.5) is 0 Å². The van der Waals surface area contributed by atoms with Crippen molar-refractivity contribution >= 4 is 11.9 Å². The van der Waals surface area contributed by atoms with E-state index in [1.165, 1.54) is 12.5 Å². The van der Waals surface area contributed by atoms with Crippen molar-refractivity contribution in [1.29, 1.82) is 0 Å². The molecule has 0 N–H and O–H groups in total. The van der Waals surface area contributed by atoms with Crippen molar-refractivity contribution in [2.45, 2.75) is 33.6 Å². The summed E-state index contributed by atoms with van der Waals surface area (Å²) in [7, 11) is 0. The summed E-state index contributed by atoms with van der Waals surface area (Å²) < 4.78 is 20.5. The first-order valence-electron chi connectivity index (χ1n) is 8.10. The molecule has 0 amide bonds. The minimum atomic E-state index is -0.748. The van der Waals surface area contributed by atoms with Crippen LogP contribution in [0.15, 0.2) is 25.7 Å². The van der Waals surface area contributed by atoms with E-state index < -0.39 is 10.8 Å². The van der Waals surface area contributed by atoms with Crippen LogP contribution in [0.25, 0.3) is 0 Å². The summed E-state index contributed by atoms with van der Waals surface area (Å²) >= 11 is 0. The quantitative estimate of drug-likeness (QED) is 0.346. The lowest BCUT2D eigenvalue weighted by atomic mass is 9.65. The molecule has 1 saturated carbocycles. The van der Waals surface area contributed by atoms with Gasteiger partial charge < -0.3 is 18.9 Å². The van der Waals surface area contributed by atoms with Gasteiger partial charge in [-0.25, -0.2) is 0 Å². The second kappa shape index (κ2) is 8.76. The van der Waals surface area contributed by atoms with Crippen LogP contribution in [0.3, 0.4) is 0 Å². The van der Waals surface area contributed by atoms with Crippen LogP contribution in [-0.2, 0) is 28.5 Å². The van der Waals surface area contributed by atoms with Crippen LogP contribution in [0.1, 0.15) is 33.6 Å². The average Bonchev–Trinajstić information content (AvgIpc) is 2.79. The lowest BCUT2D eigenvalue weighted by Crippen LogP contribution is -2.44. The number of rotatable bonds is 10. The molecule has 6 nitrogen and oxygen atoms in total. The molecule has 0 saturated heterocycles. The molecule has 0 aromatic carbocycles. The van der Waals surface area contributed by atoms with Crippen LogP contribution in [0.5, 0.6) is 0 Å². The Bertz CT molecular complexity index is 470. The predicted molar refractivity (Wildman–Crippen MR) is 88.8 cm³/mol. The van der Waals surface area contributed by atoms with Gasteiger partial charge in [0.05, 0.1) is 23.9 Å². The molecular weight excluding hydrogens is 312 g/mol. The fraction of sp³-hybridized carbons (Fsp3) is 0.667. The van der Waals surface area contributed by atoms with Crippen LogP contribution >= 0.6 is 0 Å². The Hall–Kier alpha value is -1.98. The first-order chi connectivity index (χ1) is 11.3. The molecule has 24 heavy (non-hydrogen) atoms. The monoisotopic (exact) mass is 340 g/mol. The Kier molecular flexibility index (Phi) is 7.32. The summed E-state index contributed by atoms with van der Waals surface area (Å²) in [4.78, 5) is 24.9. The largest absolute Gasteiger partial charge is 0.498 e. The Labute approximate surface area is 143 Å². The lowest BCUT2D eigenvalue weighted by Gasteiger charge is -2.38. The maximum absolute atomic E-state index is 12.5. The SMILES string of the molecule is C=COCCOC(=O)C1CCC(C)(C(=O)OCCOC=C)C1(C)C. The van der Waals surface area contributed by atoms with E-state index in [2.05, 4.69) is 13.2 Å². The number of esters is 2. The molecule has 0 aromatic rings. The van der Waals surface area contributed by atoms with Crippen molar-refractivity contribution < 1.29 is 28.5 Å². The van der Waals surface area contributed by atoms with Gasteiger partial charge in [0.1, 0.15) is 26.4 Å². The van der Waals surface area contributed by atoms with Gasteiger partial charge in [0, 0.05) is 0 Å². The van der Waals surface area contributed by atoms with Gasteiger partial charge in [-0.05, 0) is 25.2 Å². The average molecular weight is 340 g/mol. The summed E-state index contributed by atoms with van der Waals surface area (Å²) in [5.74, 6) is -0.979. The fourth-order valence-electron chi connectivity index (χ4n) is 3.08. The smallest absolute Gasteiger partial charge is 0.312 e. The topological polar surface area (TPSA) is 71.1 Å². The van der Waals surface area contributed by atoms with E-state index in [4.69, 9.17) is 18.9 Å². The summed E-state index contributed by atoms with van der Waals surface area (Å²) in [6.07, 6.45) is 3.76.